The Morgan fingerprint density at radius 3 is 3.07 bits per heavy atom. The van der Waals surface area contributed by atoms with Crippen molar-refractivity contribution in [2.45, 2.75) is 0 Å². The Hall–Kier alpha value is -2.17. The molecule has 3 heterocycles. The van der Waals surface area contributed by atoms with Crippen molar-refractivity contribution in [3.05, 3.63) is 24.5 Å². The first-order valence-corrected chi connectivity index (χ1v) is 4.58. The van der Waals surface area contributed by atoms with Gasteiger partial charge in [-0.3, -0.25) is 4.98 Å². The molecule has 0 atom stereocenters. The van der Waals surface area contributed by atoms with E-state index in [4.69, 9.17) is 5.73 Å². The van der Waals surface area contributed by atoms with Crippen molar-refractivity contribution in [2.24, 2.45) is 7.05 Å². The van der Waals surface area contributed by atoms with Gasteiger partial charge in [-0.1, -0.05) is 0 Å². The van der Waals surface area contributed by atoms with Gasteiger partial charge in [0.05, 0.1) is 17.2 Å². The molecule has 5 nitrogen and oxygen atoms in total. The quantitative estimate of drug-likeness (QED) is 0.588. The number of pyridine rings is 2. The lowest BCUT2D eigenvalue weighted by Crippen LogP contribution is -1.95. The lowest BCUT2D eigenvalue weighted by Gasteiger charge is -1.97. The molecule has 0 spiro atoms. The van der Waals surface area contributed by atoms with Gasteiger partial charge >= 0.3 is 0 Å². The van der Waals surface area contributed by atoms with Gasteiger partial charge < -0.3 is 10.3 Å². The number of aromatic nitrogens is 4. The smallest absolute Gasteiger partial charge is 0.202 e. The minimum absolute atomic E-state index is 0.473. The van der Waals surface area contributed by atoms with Crippen LogP contribution in [0.4, 0.5) is 5.95 Å². The second-order valence-electron chi connectivity index (χ2n) is 3.43. The Bertz CT molecular complexity index is 655. The summed E-state index contributed by atoms with van der Waals surface area (Å²) >= 11 is 0. The van der Waals surface area contributed by atoms with E-state index in [2.05, 4.69) is 15.0 Å². The molecule has 2 N–H and O–H groups in total. The predicted octanol–water partition coefficient (Wildman–Crippen LogP) is 1.10. The lowest BCUT2D eigenvalue weighted by atomic mass is 10.2. The zero-order valence-corrected chi connectivity index (χ0v) is 8.18. The van der Waals surface area contributed by atoms with E-state index in [1.54, 1.807) is 12.4 Å². The normalized spacial score (nSPS) is 11.3. The van der Waals surface area contributed by atoms with Crippen molar-refractivity contribution in [3.63, 3.8) is 0 Å². The van der Waals surface area contributed by atoms with Gasteiger partial charge in [-0.15, -0.1) is 0 Å². The zero-order chi connectivity index (χ0) is 10.4. The Labute approximate surface area is 85.6 Å². The van der Waals surface area contributed by atoms with E-state index in [1.807, 2.05) is 23.7 Å². The van der Waals surface area contributed by atoms with E-state index in [0.717, 1.165) is 16.4 Å². The number of nitrogens with zero attached hydrogens (tertiary/aromatic N) is 4. The monoisotopic (exact) mass is 199 g/mol. The van der Waals surface area contributed by atoms with Crippen molar-refractivity contribution < 1.29 is 0 Å². The van der Waals surface area contributed by atoms with Crippen LogP contribution in [0.3, 0.4) is 0 Å². The van der Waals surface area contributed by atoms with Crippen LogP contribution in [0.25, 0.3) is 22.1 Å². The molecule has 0 radical (unpaired) electrons. The van der Waals surface area contributed by atoms with Crippen LogP contribution in [0.15, 0.2) is 24.5 Å². The molecular weight excluding hydrogens is 190 g/mol. The molecule has 0 amide bonds. The van der Waals surface area contributed by atoms with E-state index in [-0.39, 0.29) is 0 Å². The van der Waals surface area contributed by atoms with Gasteiger partial charge in [-0.05, 0) is 12.1 Å². The van der Waals surface area contributed by atoms with E-state index in [0.29, 0.717) is 11.6 Å². The first-order valence-electron chi connectivity index (χ1n) is 4.58. The van der Waals surface area contributed by atoms with Crippen LogP contribution in [0, 0.1) is 0 Å². The Balaban J connectivity index is 2.53. The van der Waals surface area contributed by atoms with Crippen molar-refractivity contribution in [2.75, 3.05) is 5.73 Å². The summed E-state index contributed by atoms with van der Waals surface area (Å²) in [4.78, 5) is 12.6. The topological polar surface area (TPSA) is 69.6 Å². The maximum atomic E-state index is 5.71. The summed E-state index contributed by atoms with van der Waals surface area (Å²) in [5.74, 6) is 0.473. The van der Waals surface area contributed by atoms with E-state index >= 15 is 0 Å². The third kappa shape index (κ3) is 1.06. The number of rotatable bonds is 0. The Morgan fingerprint density at radius 2 is 2.20 bits per heavy atom. The van der Waals surface area contributed by atoms with Crippen LogP contribution in [0.5, 0.6) is 0 Å². The average Bonchev–Trinajstić information content (AvgIpc) is 2.52. The van der Waals surface area contributed by atoms with Gasteiger partial charge in [0, 0.05) is 18.6 Å². The number of hydrogen-bond acceptors (Lipinski definition) is 4. The maximum absolute atomic E-state index is 5.71. The largest absolute Gasteiger partial charge is 0.369 e. The fourth-order valence-electron chi connectivity index (χ4n) is 1.63. The second-order valence-corrected chi connectivity index (χ2v) is 3.43. The highest BCUT2D eigenvalue weighted by Crippen LogP contribution is 2.19. The third-order valence-corrected chi connectivity index (χ3v) is 2.51. The maximum Gasteiger partial charge on any atom is 0.202 e. The van der Waals surface area contributed by atoms with Crippen LogP contribution < -0.4 is 5.73 Å². The molecular formula is C10H9N5. The standard InChI is InChI=1S/C10H9N5/c1-15-8-4-6-2-3-12-5-7(6)13-9(8)14-10(15)11/h2-5H,1H3,(H2,11,13,14). The summed E-state index contributed by atoms with van der Waals surface area (Å²) in [7, 11) is 1.87. The lowest BCUT2D eigenvalue weighted by molar-refractivity contribution is 0.966. The molecule has 0 saturated heterocycles. The number of imidazole rings is 1. The Kier molecular flexibility index (Phi) is 1.45. The molecule has 0 fully saturated rings. The Morgan fingerprint density at radius 1 is 1.33 bits per heavy atom. The van der Waals surface area contributed by atoms with Crippen LogP contribution in [0.2, 0.25) is 0 Å². The van der Waals surface area contributed by atoms with Crippen LogP contribution in [-0.4, -0.2) is 19.5 Å². The van der Waals surface area contributed by atoms with Gasteiger partial charge in [0.1, 0.15) is 0 Å². The molecule has 3 aromatic heterocycles. The first-order chi connectivity index (χ1) is 7.25. The number of nitrogens with two attached hydrogens (primary N) is 1. The van der Waals surface area contributed by atoms with Crippen molar-refractivity contribution in [3.8, 4) is 0 Å². The van der Waals surface area contributed by atoms with Crippen LogP contribution in [0.1, 0.15) is 0 Å². The number of fused-ring (bicyclic) bond motifs is 2. The molecule has 3 rings (SSSR count). The summed E-state index contributed by atoms with van der Waals surface area (Å²) in [5.41, 5.74) is 8.15. The van der Waals surface area contributed by atoms with Gasteiger partial charge in [0.2, 0.25) is 5.95 Å². The van der Waals surface area contributed by atoms with Crippen LogP contribution >= 0.6 is 0 Å². The van der Waals surface area contributed by atoms with Crippen molar-refractivity contribution in [1.29, 1.82) is 0 Å². The molecule has 5 heteroatoms. The summed E-state index contributed by atoms with van der Waals surface area (Å²) < 4.78 is 1.82. The fourth-order valence-corrected chi connectivity index (χ4v) is 1.63. The molecule has 0 bridgehead atoms. The highest BCUT2D eigenvalue weighted by molar-refractivity contribution is 5.89. The summed E-state index contributed by atoms with van der Waals surface area (Å²) in [5, 5.41) is 1.04. The minimum Gasteiger partial charge on any atom is -0.369 e. The predicted molar refractivity (Wildman–Crippen MR) is 58.2 cm³/mol. The molecule has 74 valence electrons. The van der Waals surface area contributed by atoms with E-state index < -0.39 is 0 Å². The number of aryl methyl sites for hydroxylation is 1. The van der Waals surface area contributed by atoms with E-state index in [9.17, 15) is 0 Å². The summed E-state index contributed by atoms with van der Waals surface area (Å²) in [6.07, 6.45) is 3.47. The molecule has 0 aliphatic carbocycles. The molecule has 15 heavy (non-hydrogen) atoms. The molecule has 0 aliphatic rings. The molecule has 0 saturated carbocycles. The SMILES string of the molecule is Cn1c(N)nc2nc3cnccc3cc21. The molecule has 0 aromatic carbocycles. The summed E-state index contributed by atoms with van der Waals surface area (Å²) in [6.45, 7) is 0. The second kappa shape index (κ2) is 2.66. The van der Waals surface area contributed by atoms with Gasteiger partial charge in [-0.2, -0.15) is 4.98 Å². The third-order valence-electron chi connectivity index (χ3n) is 2.51. The molecule has 3 aromatic rings. The van der Waals surface area contributed by atoms with Crippen molar-refractivity contribution >= 4 is 28.0 Å². The fraction of sp³-hybridized carbons (Fsp3) is 0.100. The van der Waals surface area contributed by atoms with E-state index in [1.165, 1.54) is 0 Å². The van der Waals surface area contributed by atoms with Gasteiger partial charge in [-0.25, -0.2) is 4.98 Å². The first kappa shape index (κ1) is 8.16. The highest BCUT2D eigenvalue weighted by Gasteiger charge is 2.07. The highest BCUT2D eigenvalue weighted by atomic mass is 15.2. The summed E-state index contributed by atoms with van der Waals surface area (Å²) in [6, 6.07) is 3.94. The van der Waals surface area contributed by atoms with Crippen LogP contribution in [-0.2, 0) is 7.05 Å². The van der Waals surface area contributed by atoms with Gasteiger partial charge in [0.25, 0.3) is 0 Å². The van der Waals surface area contributed by atoms with Crippen molar-refractivity contribution in [1.82, 2.24) is 19.5 Å². The number of anilines is 1. The zero-order valence-electron chi connectivity index (χ0n) is 8.18. The average molecular weight is 199 g/mol. The minimum atomic E-state index is 0.473. The molecule has 0 unspecified atom stereocenters. The number of hydrogen-bond donors (Lipinski definition) is 1. The number of nitrogen functional groups attached to an aromatic ring is 1. The molecule has 0 aliphatic heterocycles. The van der Waals surface area contributed by atoms with Gasteiger partial charge in [0.15, 0.2) is 5.65 Å².